The molecule has 0 aliphatic carbocycles. The maximum Gasteiger partial charge on any atom is 0.427 e. The van der Waals surface area contributed by atoms with Crippen molar-refractivity contribution < 1.29 is 49.7 Å². The third-order valence-corrected chi connectivity index (χ3v) is 5.43. The van der Waals surface area contributed by atoms with Gasteiger partial charge < -0.3 is 19.9 Å². The van der Waals surface area contributed by atoms with Crippen molar-refractivity contribution in [3.05, 3.63) is 70.5 Å². The first-order valence-electron chi connectivity index (χ1n) is 10.9. The number of nitrogens with two attached hydrogens (primary N) is 1. The van der Waals surface area contributed by atoms with Gasteiger partial charge in [0.25, 0.3) is 0 Å². The molecule has 8 nitrogen and oxygen atoms in total. The zero-order chi connectivity index (χ0) is 28.1. The lowest BCUT2D eigenvalue weighted by Gasteiger charge is -2.41. The Kier molecular flexibility index (Phi) is 9.17. The van der Waals surface area contributed by atoms with E-state index in [1.807, 2.05) is 0 Å². The summed E-state index contributed by atoms with van der Waals surface area (Å²) < 4.78 is 109. The first-order chi connectivity index (χ1) is 17.8. The molecule has 2 aromatic rings. The molecule has 0 bridgehead atoms. The molecule has 3 N–H and O–H groups in total. The number of hydrogen-bond donors (Lipinski definition) is 2. The van der Waals surface area contributed by atoms with E-state index >= 15 is 0 Å². The molecule has 1 amide bonds. The van der Waals surface area contributed by atoms with Crippen LogP contribution in [-0.4, -0.2) is 49.9 Å². The van der Waals surface area contributed by atoms with Gasteiger partial charge >= 0.3 is 18.4 Å². The van der Waals surface area contributed by atoms with Crippen molar-refractivity contribution in [3.63, 3.8) is 0 Å². The number of hydrogen-bond acceptors (Lipinski definition) is 6. The molecule has 1 heterocycles. The van der Waals surface area contributed by atoms with Gasteiger partial charge in [0.2, 0.25) is 0 Å². The zero-order valence-corrected chi connectivity index (χ0v) is 19.8. The highest BCUT2D eigenvalue weighted by Gasteiger charge is 2.38. The highest BCUT2D eigenvalue weighted by molar-refractivity contribution is 5.83. The minimum atomic E-state index is -5.01. The summed E-state index contributed by atoms with van der Waals surface area (Å²) in [6, 6.07) is 5.50. The minimum absolute atomic E-state index is 0.0220. The van der Waals surface area contributed by atoms with Crippen molar-refractivity contribution in [2.45, 2.75) is 31.3 Å². The average molecular weight is 552 g/mol. The summed E-state index contributed by atoms with van der Waals surface area (Å²) in [5.41, 5.74) is 5.06. The molecule has 0 spiro atoms. The van der Waals surface area contributed by atoms with E-state index < -0.39 is 54.3 Å². The van der Waals surface area contributed by atoms with E-state index in [0.29, 0.717) is 17.7 Å². The van der Waals surface area contributed by atoms with Crippen LogP contribution in [-0.2, 0) is 33.2 Å². The van der Waals surface area contributed by atoms with E-state index in [1.165, 1.54) is 12.1 Å². The molecular weight excluding hydrogens is 529 g/mol. The van der Waals surface area contributed by atoms with Crippen LogP contribution in [0.2, 0.25) is 0 Å². The molecule has 2 aromatic carbocycles. The van der Waals surface area contributed by atoms with Crippen LogP contribution in [0.1, 0.15) is 28.3 Å². The Morgan fingerprint density at radius 3 is 2.26 bits per heavy atom. The van der Waals surface area contributed by atoms with E-state index in [2.05, 4.69) is 15.3 Å². The lowest BCUT2D eigenvalue weighted by Crippen LogP contribution is -2.49. The summed E-state index contributed by atoms with van der Waals surface area (Å²) in [6.07, 6.45) is -12.1. The maximum atomic E-state index is 13.6. The second kappa shape index (κ2) is 12.0. The Labute approximate surface area is 212 Å². The summed E-state index contributed by atoms with van der Waals surface area (Å²) in [7, 11) is 1.12. The second-order valence-corrected chi connectivity index (χ2v) is 8.14. The number of nitrogens with one attached hydrogen (secondary N) is 1. The van der Waals surface area contributed by atoms with Crippen LogP contribution >= 0.6 is 0 Å². The van der Waals surface area contributed by atoms with Gasteiger partial charge in [0.1, 0.15) is 11.7 Å². The fourth-order valence-corrected chi connectivity index (χ4v) is 3.72. The summed E-state index contributed by atoms with van der Waals surface area (Å²) in [5, 5.41) is 3.69. The van der Waals surface area contributed by atoms with Crippen LogP contribution < -0.4 is 11.2 Å². The third kappa shape index (κ3) is 7.79. The van der Waals surface area contributed by atoms with Gasteiger partial charge in [0, 0.05) is 6.54 Å². The van der Waals surface area contributed by atoms with Gasteiger partial charge in [-0.25, -0.2) is 14.6 Å². The van der Waals surface area contributed by atoms with Gasteiger partial charge in [-0.2, -0.15) is 31.4 Å². The Hall–Kier alpha value is -3.43. The molecule has 15 heteroatoms. The van der Waals surface area contributed by atoms with Gasteiger partial charge in [-0.15, -0.1) is 0 Å². The number of methoxy groups -OCH3 is 1. The summed E-state index contributed by atoms with van der Waals surface area (Å²) in [5.74, 6) is -0.600. The minimum Gasteiger partial charge on any atom is -0.452 e. The molecule has 0 saturated carbocycles. The standard InChI is InChI=1S/C23H23F7N4O4/c1-36-21(35)33-32-18(31)11-34-6-7-37-20(19(34)14-2-4-17(24)5-3-14)38-12-13-8-15(22(25,26)27)10-16(9-13)23(28,29)30/h2-5,8-10,19-20H,6-7,11-12H2,1H3,(H2,31,32)(H,33,35)/t19-,20?/m0/s1. The Balaban J connectivity index is 1.87. The first kappa shape index (κ1) is 29.1. The molecule has 1 unspecified atom stereocenters. The molecule has 1 aliphatic heterocycles. The summed E-state index contributed by atoms with van der Waals surface area (Å²) >= 11 is 0. The van der Waals surface area contributed by atoms with Crippen molar-refractivity contribution in [1.82, 2.24) is 10.3 Å². The van der Waals surface area contributed by atoms with Crippen molar-refractivity contribution >= 4 is 11.9 Å². The van der Waals surface area contributed by atoms with Crippen LogP contribution in [0.3, 0.4) is 0 Å². The number of hydrazone groups is 1. The predicted octanol–water partition coefficient (Wildman–Crippen LogP) is 4.41. The van der Waals surface area contributed by atoms with Crippen molar-refractivity contribution in [1.29, 1.82) is 0 Å². The van der Waals surface area contributed by atoms with Gasteiger partial charge in [-0.05, 0) is 41.5 Å². The van der Waals surface area contributed by atoms with Gasteiger partial charge in [0.15, 0.2) is 6.29 Å². The SMILES string of the molecule is COC(=O)N/N=C(\N)CN1CCOC(OCc2cc(C(F)(F)F)cc(C(F)(F)F)c2)[C@@H]1c1ccc(F)cc1. The van der Waals surface area contributed by atoms with Crippen molar-refractivity contribution in [2.24, 2.45) is 10.8 Å². The molecule has 1 saturated heterocycles. The number of benzene rings is 2. The van der Waals surface area contributed by atoms with E-state index in [1.54, 1.807) is 4.90 Å². The Bertz CT molecular complexity index is 1110. The number of carbonyl (C=O) groups is 1. The molecule has 0 radical (unpaired) electrons. The fraction of sp³-hybridized carbons (Fsp3) is 0.391. The largest absolute Gasteiger partial charge is 0.452 e. The number of ether oxygens (including phenoxy) is 3. The molecule has 1 fully saturated rings. The van der Waals surface area contributed by atoms with Gasteiger partial charge in [-0.1, -0.05) is 12.1 Å². The molecular formula is C23H23F7N4O4. The fourth-order valence-electron chi connectivity index (χ4n) is 3.72. The lowest BCUT2D eigenvalue weighted by atomic mass is 10.0. The van der Waals surface area contributed by atoms with Crippen LogP contribution in [0.15, 0.2) is 47.6 Å². The van der Waals surface area contributed by atoms with Crippen molar-refractivity contribution in [3.8, 4) is 0 Å². The average Bonchev–Trinajstić information content (AvgIpc) is 2.85. The lowest BCUT2D eigenvalue weighted by molar-refractivity contribution is -0.214. The number of halogens is 7. The van der Waals surface area contributed by atoms with Gasteiger partial charge in [0.05, 0.1) is 44.0 Å². The van der Waals surface area contributed by atoms with Crippen LogP contribution in [0.25, 0.3) is 0 Å². The topological polar surface area (TPSA) is 98.4 Å². The summed E-state index contributed by atoms with van der Waals surface area (Å²) in [6.45, 7) is -0.414. The normalized spacial score (nSPS) is 19.3. The van der Waals surface area contributed by atoms with Gasteiger partial charge in [-0.3, -0.25) is 4.90 Å². The zero-order valence-electron chi connectivity index (χ0n) is 19.8. The van der Waals surface area contributed by atoms with Crippen molar-refractivity contribution in [2.75, 3.05) is 26.8 Å². The monoisotopic (exact) mass is 552 g/mol. The summed E-state index contributed by atoms with van der Waals surface area (Å²) in [4.78, 5) is 12.9. The highest BCUT2D eigenvalue weighted by atomic mass is 19.4. The number of nitrogens with zero attached hydrogens (tertiary/aromatic N) is 2. The molecule has 3 rings (SSSR count). The number of carbonyl (C=O) groups excluding carboxylic acids is 1. The second-order valence-electron chi connectivity index (χ2n) is 8.14. The highest BCUT2D eigenvalue weighted by Crippen LogP contribution is 2.37. The Morgan fingerprint density at radius 1 is 1.11 bits per heavy atom. The third-order valence-electron chi connectivity index (χ3n) is 5.43. The predicted molar refractivity (Wildman–Crippen MR) is 119 cm³/mol. The van der Waals surface area contributed by atoms with E-state index in [9.17, 15) is 35.5 Å². The molecule has 2 atom stereocenters. The number of amidine groups is 1. The maximum absolute atomic E-state index is 13.6. The molecule has 208 valence electrons. The number of amides is 1. The number of rotatable bonds is 7. The number of morpholine rings is 1. The van der Waals surface area contributed by atoms with Crippen LogP contribution in [0.4, 0.5) is 35.5 Å². The smallest absolute Gasteiger partial charge is 0.427 e. The number of alkyl halides is 6. The Morgan fingerprint density at radius 2 is 1.71 bits per heavy atom. The molecule has 0 aromatic heterocycles. The quantitative estimate of drug-likeness (QED) is 0.229. The van der Waals surface area contributed by atoms with E-state index in [-0.39, 0.29) is 37.2 Å². The molecule has 38 heavy (non-hydrogen) atoms. The van der Waals surface area contributed by atoms with E-state index in [0.717, 1.165) is 19.2 Å². The van der Waals surface area contributed by atoms with E-state index in [4.69, 9.17) is 15.2 Å². The van der Waals surface area contributed by atoms with Crippen LogP contribution in [0.5, 0.6) is 0 Å². The van der Waals surface area contributed by atoms with Crippen LogP contribution in [0, 0.1) is 5.82 Å². The first-order valence-corrected chi connectivity index (χ1v) is 10.9. The molecule has 1 aliphatic rings.